The van der Waals surface area contributed by atoms with Crippen molar-refractivity contribution in [1.82, 2.24) is 15.2 Å². The Kier molecular flexibility index (Phi) is 4.22. The van der Waals surface area contributed by atoms with E-state index in [0.29, 0.717) is 12.0 Å². The lowest BCUT2D eigenvalue weighted by molar-refractivity contribution is 0.174. The van der Waals surface area contributed by atoms with Crippen LogP contribution in [0.5, 0.6) is 0 Å². The molecule has 0 saturated carbocycles. The fourth-order valence-corrected chi connectivity index (χ4v) is 3.44. The number of hydrogen-bond donors (Lipinski definition) is 1. The number of benzene rings is 1. The summed E-state index contributed by atoms with van der Waals surface area (Å²) in [6.07, 6.45) is 1.24. The van der Waals surface area contributed by atoms with Gasteiger partial charge in [-0.3, -0.25) is 4.98 Å². The van der Waals surface area contributed by atoms with Crippen LogP contribution in [0.2, 0.25) is 0 Å². The van der Waals surface area contributed by atoms with Crippen LogP contribution >= 0.6 is 0 Å². The number of fused-ring (bicyclic) bond motifs is 1. The van der Waals surface area contributed by atoms with Gasteiger partial charge in [-0.15, -0.1) is 0 Å². The first kappa shape index (κ1) is 14.5. The number of para-hydroxylation sites is 1. The SMILES string of the molecule is Cc1cc(CNC2CCN(C)CC2C)c2ccccc2n1. The summed E-state index contributed by atoms with van der Waals surface area (Å²) in [5, 5.41) is 5.05. The van der Waals surface area contributed by atoms with Crippen LogP contribution in [0.4, 0.5) is 0 Å². The molecule has 0 spiro atoms. The lowest BCUT2D eigenvalue weighted by atomic mass is 9.94. The highest BCUT2D eigenvalue weighted by molar-refractivity contribution is 5.82. The number of hydrogen-bond acceptors (Lipinski definition) is 3. The molecule has 1 fully saturated rings. The zero-order valence-corrected chi connectivity index (χ0v) is 13.3. The second-order valence-electron chi connectivity index (χ2n) is 6.46. The van der Waals surface area contributed by atoms with Crippen LogP contribution in [0.25, 0.3) is 10.9 Å². The lowest BCUT2D eigenvalue weighted by Crippen LogP contribution is -2.46. The highest BCUT2D eigenvalue weighted by Gasteiger charge is 2.23. The van der Waals surface area contributed by atoms with E-state index >= 15 is 0 Å². The van der Waals surface area contributed by atoms with E-state index in [1.807, 2.05) is 0 Å². The smallest absolute Gasteiger partial charge is 0.0708 e. The second kappa shape index (κ2) is 6.12. The quantitative estimate of drug-likeness (QED) is 0.938. The molecule has 0 radical (unpaired) electrons. The average Bonchev–Trinajstić information content (AvgIpc) is 2.46. The predicted molar refractivity (Wildman–Crippen MR) is 88.4 cm³/mol. The van der Waals surface area contributed by atoms with Crippen molar-refractivity contribution in [3.05, 3.63) is 41.6 Å². The molecule has 1 aliphatic rings. The van der Waals surface area contributed by atoms with E-state index in [1.54, 1.807) is 0 Å². The topological polar surface area (TPSA) is 28.2 Å². The summed E-state index contributed by atoms with van der Waals surface area (Å²) in [6.45, 7) is 7.74. The van der Waals surface area contributed by atoms with Crippen LogP contribution in [0.15, 0.2) is 30.3 Å². The third-order valence-electron chi connectivity index (χ3n) is 4.59. The minimum absolute atomic E-state index is 0.619. The van der Waals surface area contributed by atoms with E-state index < -0.39 is 0 Å². The maximum absolute atomic E-state index is 4.62. The summed E-state index contributed by atoms with van der Waals surface area (Å²) >= 11 is 0. The molecule has 2 atom stereocenters. The number of likely N-dealkylation sites (tertiary alicyclic amines) is 1. The Balaban J connectivity index is 1.76. The normalized spacial score (nSPS) is 23.6. The largest absolute Gasteiger partial charge is 0.310 e. The Morgan fingerprint density at radius 2 is 2.14 bits per heavy atom. The molecule has 0 aliphatic carbocycles. The van der Waals surface area contributed by atoms with Crippen molar-refractivity contribution < 1.29 is 0 Å². The molecule has 1 N–H and O–H groups in total. The molecule has 2 unspecified atom stereocenters. The number of aryl methyl sites for hydroxylation is 1. The first-order valence-electron chi connectivity index (χ1n) is 7.90. The minimum Gasteiger partial charge on any atom is -0.310 e. The van der Waals surface area contributed by atoms with Crippen molar-refractivity contribution in [3.63, 3.8) is 0 Å². The Morgan fingerprint density at radius 1 is 1.33 bits per heavy atom. The van der Waals surface area contributed by atoms with Gasteiger partial charge >= 0.3 is 0 Å². The monoisotopic (exact) mass is 283 g/mol. The first-order chi connectivity index (χ1) is 10.1. The van der Waals surface area contributed by atoms with E-state index in [2.05, 4.69) is 66.4 Å². The zero-order valence-electron chi connectivity index (χ0n) is 13.3. The van der Waals surface area contributed by atoms with Gasteiger partial charge in [-0.1, -0.05) is 25.1 Å². The van der Waals surface area contributed by atoms with Gasteiger partial charge in [0, 0.05) is 30.2 Å². The molecule has 1 aliphatic heterocycles. The summed E-state index contributed by atoms with van der Waals surface area (Å²) in [6, 6.07) is 11.3. The van der Waals surface area contributed by atoms with E-state index in [0.717, 1.165) is 17.8 Å². The van der Waals surface area contributed by atoms with Crippen molar-refractivity contribution in [2.45, 2.75) is 32.9 Å². The van der Waals surface area contributed by atoms with Gasteiger partial charge in [0.2, 0.25) is 0 Å². The molecule has 0 amide bonds. The van der Waals surface area contributed by atoms with Gasteiger partial charge in [0.1, 0.15) is 0 Å². The Hall–Kier alpha value is -1.45. The second-order valence-corrected chi connectivity index (χ2v) is 6.46. The van der Waals surface area contributed by atoms with Gasteiger partial charge in [-0.05, 0) is 50.6 Å². The van der Waals surface area contributed by atoms with Crippen molar-refractivity contribution in [3.8, 4) is 0 Å². The first-order valence-corrected chi connectivity index (χ1v) is 7.90. The molecule has 3 heteroatoms. The number of piperidine rings is 1. The third-order valence-corrected chi connectivity index (χ3v) is 4.59. The molecule has 1 aromatic carbocycles. The number of rotatable bonds is 3. The average molecular weight is 283 g/mol. The standard InChI is InChI=1S/C18H25N3/c1-13-12-21(3)9-8-17(13)19-11-15-10-14(2)20-18-7-5-4-6-16(15)18/h4-7,10,13,17,19H,8-9,11-12H2,1-3H3. The summed E-state index contributed by atoms with van der Waals surface area (Å²) in [7, 11) is 2.21. The Morgan fingerprint density at radius 3 is 2.95 bits per heavy atom. The number of nitrogens with one attached hydrogen (secondary N) is 1. The zero-order chi connectivity index (χ0) is 14.8. The van der Waals surface area contributed by atoms with E-state index in [4.69, 9.17) is 0 Å². The number of aromatic nitrogens is 1. The molecule has 2 aromatic rings. The van der Waals surface area contributed by atoms with Crippen LogP contribution in [0.1, 0.15) is 24.6 Å². The fourth-order valence-electron chi connectivity index (χ4n) is 3.44. The van der Waals surface area contributed by atoms with Crippen LogP contribution in [-0.2, 0) is 6.54 Å². The van der Waals surface area contributed by atoms with E-state index in [-0.39, 0.29) is 0 Å². The molecular formula is C18H25N3. The van der Waals surface area contributed by atoms with Gasteiger partial charge in [-0.2, -0.15) is 0 Å². The molecule has 3 rings (SSSR count). The van der Waals surface area contributed by atoms with Crippen molar-refractivity contribution in [1.29, 1.82) is 0 Å². The van der Waals surface area contributed by atoms with Crippen LogP contribution in [0, 0.1) is 12.8 Å². The van der Waals surface area contributed by atoms with Crippen LogP contribution in [-0.4, -0.2) is 36.1 Å². The molecule has 2 heterocycles. The number of nitrogens with zero attached hydrogens (tertiary/aromatic N) is 2. The molecule has 1 aromatic heterocycles. The lowest BCUT2D eigenvalue weighted by Gasteiger charge is -2.35. The molecule has 21 heavy (non-hydrogen) atoms. The molecule has 3 nitrogen and oxygen atoms in total. The number of pyridine rings is 1. The highest BCUT2D eigenvalue weighted by atomic mass is 15.1. The van der Waals surface area contributed by atoms with Crippen molar-refractivity contribution in [2.75, 3.05) is 20.1 Å². The Bertz CT molecular complexity index is 623. The maximum atomic E-state index is 4.62. The Labute approximate surface area is 127 Å². The summed E-state index contributed by atoms with van der Waals surface area (Å²) in [4.78, 5) is 7.05. The summed E-state index contributed by atoms with van der Waals surface area (Å²) < 4.78 is 0. The van der Waals surface area contributed by atoms with Gasteiger partial charge < -0.3 is 10.2 Å². The fraction of sp³-hybridized carbons (Fsp3) is 0.500. The molecule has 0 bridgehead atoms. The summed E-state index contributed by atoms with van der Waals surface area (Å²) in [5.41, 5.74) is 3.57. The van der Waals surface area contributed by atoms with Gasteiger partial charge in [-0.25, -0.2) is 0 Å². The van der Waals surface area contributed by atoms with Gasteiger partial charge in [0.25, 0.3) is 0 Å². The third kappa shape index (κ3) is 3.25. The van der Waals surface area contributed by atoms with Crippen LogP contribution in [0.3, 0.4) is 0 Å². The van der Waals surface area contributed by atoms with Gasteiger partial charge in [0.15, 0.2) is 0 Å². The summed E-state index contributed by atoms with van der Waals surface area (Å²) in [5.74, 6) is 0.706. The minimum atomic E-state index is 0.619. The van der Waals surface area contributed by atoms with Gasteiger partial charge in [0.05, 0.1) is 5.52 Å². The van der Waals surface area contributed by atoms with Crippen molar-refractivity contribution in [2.24, 2.45) is 5.92 Å². The van der Waals surface area contributed by atoms with E-state index in [9.17, 15) is 0 Å². The molecule has 1 saturated heterocycles. The molecular weight excluding hydrogens is 258 g/mol. The maximum Gasteiger partial charge on any atom is 0.0708 e. The highest BCUT2D eigenvalue weighted by Crippen LogP contribution is 2.20. The molecule has 112 valence electrons. The van der Waals surface area contributed by atoms with Crippen LogP contribution < -0.4 is 5.32 Å². The predicted octanol–water partition coefficient (Wildman–Crippen LogP) is 2.97. The van der Waals surface area contributed by atoms with Crippen molar-refractivity contribution >= 4 is 10.9 Å². The van der Waals surface area contributed by atoms with E-state index in [1.165, 1.54) is 30.5 Å².